The molecule has 0 radical (unpaired) electrons. The Morgan fingerprint density at radius 3 is 2.67 bits per heavy atom. The van der Waals surface area contributed by atoms with Gasteiger partial charge in [0.05, 0.1) is 11.3 Å². The summed E-state index contributed by atoms with van der Waals surface area (Å²) >= 11 is 6.14. The van der Waals surface area contributed by atoms with Crippen molar-refractivity contribution < 1.29 is 9.90 Å². The predicted molar refractivity (Wildman–Crippen MR) is 86.7 cm³/mol. The van der Waals surface area contributed by atoms with E-state index in [1.807, 2.05) is 32.9 Å². The first-order valence-electron chi connectivity index (χ1n) is 7.10. The van der Waals surface area contributed by atoms with Crippen LogP contribution in [-0.4, -0.2) is 17.1 Å². The van der Waals surface area contributed by atoms with Crippen molar-refractivity contribution in [1.82, 2.24) is 0 Å². The zero-order valence-corrected chi connectivity index (χ0v) is 13.4. The number of benzene rings is 1. The average molecular weight is 306 g/mol. The molecule has 0 amide bonds. The molecule has 2 rings (SSSR count). The van der Waals surface area contributed by atoms with Crippen LogP contribution in [0, 0.1) is 5.41 Å². The van der Waals surface area contributed by atoms with E-state index in [4.69, 9.17) is 11.6 Å². The summed E-state index contributed by atoms with van der Waals surface area (Å²) in [5.74, 6) is 0.0556. The number of aliphatic imine (C=N–C) groups is 1. The molecule has 0 spiro atoms. The van der Waals surface area contributed by atoms with Gasteiger partial charge in [-0.2, -0.15) is 0 Å². The third-order valence-corrected chi connectivity index (χ3v) is 4.01. The highest BCUT2D eigenvalue weighted by Gasteiger charge is 2.32. The molecule has 1 aromatic rings. The molecule has 112 valence electrons. The highest BCUT2D eigenvalue weighted by molar-refractivity contribution is 6.31. The van der Waals surface area contributed by atoms with Gasteiger partial charge >= 0.3 is 0 Å². The molecule has 0 saturated carbocycles. The third-order valence-electron chi connectivity index (χ3n) is 3.66. The number of aliphatic hydroxyl groups excluding tert-OH is 1. The van der Waals surface area contributed by atoms with Gasteiger partial charge in [-0.05, 0) is 29.5 Å². The fraction of sp³-hybridized carbons (Fsp3) is 0.412. The number of Topliss-reactive ketones (excluding diaryl/α,β-unsaturated/α-hetero) is 1. The first-order chi connectivity index (χ1) is 9.82. The second kappa shape index (κ2) is 6.02. The monoisotopic (exact) mass is 305 g/mol. The summed E-state index contributed by atoms with van der Waals surface area (Å²) in [5, 5.41) is 10.7. The van der Waals surface area contributed by atoms with Crippen LogP contribution in [0.5, 0.6) is 0 Å². The summed E-state index contributed by atoms with van der Waals surface area (Å²) < 4.78 is 0. The van der Waals surface area contributed by atoms with Crippen LogP contribution in [0.25, 0.3) is 0 Å². The molecule has 0 bridgehead atoms. The highest BCUT2D eigenvalue weighted by atomic mass is 35.5. The molecule has 0 unspecified atom stereocenters. The first-order valence-corrected chi connectivity index (χ1v) is 7.48. The maximum atomic E-state index is 12.1. The van der Waals surface area contributed by atoms with Crippen molar-refractivity contribution in [3.63, 3.8) is 0 Å². The number of hydrogen-bond donors (Lipinski definition) is 1. The number of aryl methyl sites for hydroxylation is 1. The van der Waals surface area contributed by atoms with E-state index in [1.54, 1.807) is 6.07 Å². The summed E-state index contributed by atoms with van der Waals surface area (Å²) in [6.07, 6.45) is 3.23. The van der Waals surface area contributed by atoms with Crippen molar-refractivity contribution in [2.45, 2.75) is 40.0 Å². The Labute approximate surface area is 130 Å². The van der Waals surface area contributed by atoms with Crippen LogP contribution in [0.3, 0.4) is 0 Å². The van der Waals surface area contributed by atoms with Crippen LogP contribution in [0.4, 0.5) is 5.69 Å². The van der Waals surface area contributed by atoms with Gasteiger partial charge in [0.1, 0.15) is 5.76 Å². The second-order valence-electron chi connectivity index (χ2n) is 6.19. The minimum absolute atomic E-state index is 0.0659. The summed E-state index contributed by atoms with van der Waals surface area (Å²) in [6.45, 7) is 5.98. The Morgan fingerprint density at radius 2 is 2.10 bits per heavy atom. The molecule has 0 saturated heterocycles. The van der Waals surface area contributed by atoms with Gasteiger partial charge in [0.2, 0.25) is 0 Å². The Balaban J connectivity index is 2.25. The number of rotatable bonds is 3. The van der Waals surface area contributed by atoms with E-state index in [2.05, 4.69) is 4.99 Å². The van der Waals surface area contributed by atoms with Crippen LogP contribution in [0.15, 0.2) is 34.5 Å². The van der Waals surface area contributed by atoms with Crippen molar-refractivity contribution in [3.05, 3.63) is 40.1 Å². The van der Waals surface area contributed by atoms with Gasteiger partial charge in [-0.15, -0.1) is 0 Å². The van der Waals surface area contributed by atoms with E-state index in [9.17, 15) is 9.90 Å². The average Bonchev–Trinajstić information content (AvgIpc) is 2.36. The minimum Gasteiger partial charge on any atom is -0.511 e. The number of halogens is 1. The van der Waals surface area contributed by atoms with Gasteiger partial charge in [0.15, 0.2) is 5.78 Å². The van der Waals surface area contributed by atoms with Gasteiger partial charge in [-0.25, -0.2) is 0 Å². The summed E-state index contributed by atoms with van der Waals surface area (Å²) in [6, 6.07) is 5.55. The number of ketones is 1. The number of allylic oxidation sites excluding steroid dienone is 2. The van der Waals surface area contributed by atoms with Crippen LogP contribution in [0.1, 0.15) is 39.2 Å². The fourth-order valence-corrected chi connectivity index (χ4v) is 2.80. The van der Waals surface area contributed by atoms with E-state index >= 15 is 0 Å². The van der Waals surface area contributed by atoms with Gasteiger partial charge in [-0.1, -0.05) is 38.4 Å². The Morgan fingerprint density at radius 1 is 1.38 bits per heavy atom. The van der Waals surface area contributed by atoms with Crippen LogP contribution in [-0.2, 0) is 11.2 Å². The van der Waals surface area contributed by atoms with Crippen molar-refractivity contribution in [2.24, 2.45) is 10.4 Å². The number of carbonyl (C=O) groups excluding carboxylic acids is 1. The first kappa shape index (κ1) is 15.8. The Hall–Kier alpha value is -1.61. The van der Waals surface area contributed by atoms with E-state index in [1.165, 1.54) is 6.21 Å². The molecule has 1 aromatic carbocycles. The lowest BCUT2D eigenvalue weighted by Crippen LogP contribution is -2.26. The predicted octanol–water partition coefficient (Wildman–Crippen LogP) is 4.81. The lowest BCUT2D eigenvalue weighted by Gasteiger charge is -2.28. The quantitative estimate of drug-likeness (QED) is 0.815. The Bertz CT molecular complexity index is 630. The van der Waals surface area contributed by atoms with Crippen LogP contribution in [0.2, 0.25) is 5.02 Å². The van der Waals surface area contributed by atoms with E-state index in [0.717, 1.165) is 12.0 Å². The molecule has 1 N–H and O–H groups in total. The number of carbonyl (C=O) groups is 1. The molecule has 1 aliphatic carbocycles. The van der Waals surface area contributed by atoms with Gasteiger partial charge < -0.3 is 5.11 Å². The second-order valence-corrected chi connectivity index (χ2v) is 6.60. The molecule has 0 aromatic heterocycles. The zero-order chi connectivity index (χ0) is 15.6. The maximum absolute atomic E-state index is 12.1. The van der Waals surface area contributed by atoms with Crippen molar-refractivity contribution in [1.29, 1.82) is 0 Å². The topological polar surface area (TPSA) is 49.7 Å². The van der Waals surface area contributed by atoms with Crippen molar-refractivity contribution in [3.8, 4) is 0 Å². The molecule has 0 heterocycles. The van der Waals surface area contributed by atoms with Crippen molar-refractivity contribution in [2.75, 3.05) is 0 Å². The molecule has 4 heteroatoms. The van der Waals surface area contributed by atoms with Gasteiger partial charge in [0.25, 0.3) is 0 Å². The largest absolute Gasteiger partial charge is 0.511 e. The smallest absolute Gasteiger partial charge is 0.168 e. The molecule has 3 nitrogen and oxygen atoms in total. The SMILES string of the molecule is CCc1ccc(N=CC2=C(O)CC(C)(C)CC2=O)cc1Cl. The molecule has 21 heavy (non-hydrogen) atoms. The maximum Gasteiger partial charge on any atom is 0.168 e. The lowest BCUT2D eigenvalue weighted by atomic mass is 9.77. The normalized spacial score (nSPS) is 18.6. The van der Waals surface area contributed by atoms with E-state index in [-0.39, 0.29) is 17.0 Å². The molecular formula is C17H20ClNO2. The number of aliphatic hydroxyl groups is 1. The third kappa shape index (κ3) is 3.73. The van der Waals surface area contributed by atoms with Gasteiger partial charge in [-0.3, -0.25) is 9.79 Å². The highest BCUT2D eigenvalue weighted by Crippen LogP contribution is 2.35. The van der Waals surface area contributed by atoms with Crippen molar-refractivity contribution >= 4 is 29.3 Å². The van der Waals surface area contributed by atoms with E-state index in [0.29, 0.717) is 29.1 Å². The zero-order valence-electron chi connectivity index (χ0n) is 12.6. The van der Waals surface area contributed by atoms with Crippen LogP contribution >= 0.6 is 11.6 Å². The Kier molecular flexibility index (Phi) is 4.52. The van der Waals surface area contributed by atoms with Crippen LogP contribution < -0.4 is 0 Å². The van der Waals surface area contributed by atoms with Gasteiger partial charge in [0, 0.05) is 24.1 Å². The fourth-order valence-electron chi connectivity index (χ4n) is 2.49. The molecule has 0 aliphatic heterocycles. The van der Waals surface area contributed by atoms with E-state index < -0.39 is 0 Å². The molecule has 1 aliphatic rings. The minimum atomic E-state index is -0.190. The standard InChI is InChI=1S/C17H20ClNO2/c1-4-11-5-6-12(7-14(11)18)19-10-13-15(20)8-17(2,3)9-16(13)21/h5-7,10,20H,4,8-9H2,1-3H3. The number of nitrogens with zero attached hydrogens (tertiary/aromatic N) is 1. The summed E-state index contributed by atoms with van der Waals surface area (Å²) in [7, 11) is 0. The number of hydrogen-bond acceptors (Lipinski definition) is 3. The molecule has 0 fully saturated rings. The molecule has 0 atom stereocenters. The summed E-state index contributed by atoms with van der Waals surface area (Å²) in [5.41, 5.74) is 1.86. The molecular weight excluding hydrogens is 286 g/mol. The summed E-state index contributed by atoms with van der Waals surface area (Å²) in [4.78, 5) is 16.3. The lowest BCUT2D eigenvalue weighted by molar-refractivity contribution is -0.117.